The fourth-order valence-electron chi connectivity index (χ4n) is 2.93. The summed E-state index contributed by atoms with van der Waals surface area (Å²) in [5.41, 5.74) is 1.34. The molecule has 4 nitrogen and oxygen atoms in total. The van der Waals surface area contributed by atoms with Gasteiger partial charge in [0.25, 0.3) is 0 Å². The molecule has 0 bridgehead atoms. The SMILES string of the molecule is c1ccc(CN(Cc2ncccn2)CC2CCOCC2)cc1. The quantitative estimate of drug-likeness (QED) is 0.822. The van der Waals surface area contributed by atoms with Gasteiger partial charge in [0.2, 0.25) is 0 Å². The monoisotopic (exact) mass is 297 g/mol. The highest BCUT2D eigenvalue weighted by Gasteiger charge is 2.18. The molecular formula is C18H23N3O. The molecule has 0 amide bonds. The molecule has 1 aliphatic rings. The number of ether oxygens (including phenoxy) is 1. The number of rotatable bonds is 6. The maximum absolute atomic E-state index is 5.47. The van der Waals surface area contributed by atoms with Crippen LogP contribution >= 0.6 is 0 Å². The predicted molar refractivity (Wildman–Crippen MR) is 86.1 cm³/mol. The molecule has 0 radical (unpaired) electrons. The Morgan fingerprint density at radius 2 is 1.68 bits per heavy atom. The van der Waals surface area contributed by atoms with Gasteiger partial charge in [-0.2, -0.15) is 0 Å². The third-order valence-corrected chi connectivity index (χ3v) is 4.09. The van der Waals surface area contributed by atoms with Gasteiger partial charge < -0.3 is 4.74 Å². The zero-order chi connectivity index (χ0) is 15.0. The maximum atomic E-state index is 5.47. The Bertz CT molecular complexity index is 499. The second-order valence-corrected chi connectivity index (χ2v) is 5.88. The molecule has 22 heavy (non-hydrogen) atoms. The van der Waals surface area contributed by atoms with Crippen LogP contribution in [0.5, 0.6) is 0 Å². The van der Waals surface area contributed by atoms with Crippen molar-refractivity contribution in [1.29, 1.82) is 0 Å². The van der Waals surface area contributed by atoms with Gasteiger partial charge in [0.1, 0.15) is 5.82 Å². The van der Waals surface area contributed by atoms with Crippen LogP contribution in [-0.2, 0) is 17.8 Å². The molecule has 116 valence electrons. The van der Waals surface area contributed by atoms with Crippen molar-refractivity contribution >= 4 is 0 Å². The first-order chi connectivity index (χ1) is 10.9. The van der Waals surface area contributed by atoms with Crippen LogP contribution in [-0.4, -0.2) is 34.6 Å². The van der Waals surface area contributed by atoms with Crippen molar-refractivity contribution in [3.8, 4) is 0 Å². The topological polar surface area (TPSA) is 38.2 Å². The molecule has 0 aliphatic carbocycles. The fraction of sp³-hybridized carbons (Fsp3) is 0.444. The van der Waals surface area contributed by atoms with Gasteiger partial charge >= 0.3 is 0 Å². The van der Waals surface area contributed by atoms with E-state index in [1.54, 1.807) is 0 Å². The Balaban J connectivity index is 1.66. The van der Waals surface area contributed by atoms with Crippen molar-refractivity contribution in [3.05, 3.63) is 60.2 Å². The van der Waals surface area contributed by atoms with Crippen LogP contribution in [0, 0.1) is 5.92 Å². The van der Waals surface area contributed by atoms with Gasteiger partial charge in [-0.1, -0.05) is 30.3 Å². The van der Waals surface area contributed by atoms with E-state index in [1.165, 1.54) is 5.56 Å². The molecule has 2 heterocycles. The number of hydrogen-bond donors (Lipinski definition) is 0. The maximum Gasteiger partial charge on any atom is 0.142 e. The number of benzene rings is 1. The first kappa shape index (κ1) is 15.1. The highest BCUT2D eigenvalue weighted by atomic mass is 16.5. The molecule has 1 fully saturated rings. The Labute approximate surface area is 132 Å². The van der Waals surface area contributed by atoms with Crippen molar-refractivity contribution in [2.75, 3.05) is 19.8 Å². The Kier molecular flexibility index (Phi) is 5.51. The number of hydrogen-bond acceptors (Lipinski definition) is 4. The van der Waals surface area contributed by atoms with Crippen molar-refractivity contribution in [2.24, 2.45) is 5.92 Å². The molecule has 1 saturated heterocycles. The minimum Gasteiger partial charge on any atom is -0.381 e. The minimum absolute atomic E-state index is 0.709. The first-order valence-corrected chi connectivity index (χ1v) is 8.00. The number of aromatic nitrogens is 2. The average molecular weight is 297 g/mol. The highest BCUT2D eigenvalue weighted by Crippen LogP contribution is 2.18. The molecule has 0 N–H and O–H groups in total. The first-order valence-electron chi connectivity index (χ1n) is 8.00. The average Bonchev–Trinajstić information content (AvgIpc) is 2.57. The smallest absolute Gasteiger partial charge is 0.142 e. The summed E-state index contributed by atoms with van der Waals surface area (Å²) in [7, 11) is 0. The zero-order valence-corrected chi connectivity index (χ0v) is 12.9. The summed E-state index contributed by atoms with van der Waals surface area (Å²) in [5.74, 6) is 1.60. The van der Waals surface area contributed by atoms with E-state index >= 15 is 0 Å². The molecule has 1 aromatic heterocycles. The molecule has 1 aromatic carbocycles. The van der Waals surface area contributed by atoms with Crippen LogP contribution in [0.3, 0.4) is 0 Å². The van der Waals surface area contributed by atoms with Crippen LogP contribution in [0.4, 0.5) is 0 Å². The molecule has 0 atom stereocenters. The molecule has 2 aromatic rings. The third kappa shape index (κ3) is 4.61. The van der Waals surface area contributed by atoms with E-state index in [0.717, 1.165) is 51.5 Å². The lowest BCUT2D eigenvalue weighted by atomic mass is 9.99. The normalized spacial score (nSPS) is 16.0. The molecule has 0 spiro atoms. The van der Waals surface area contributed by atoms with E-state index in [2.05, 4.69) is 45.2 Å². The van der Waals surface area contributed by atoms with Gasteiger partial charge in [0, 0.05) is 38.7 Å². The molecular weight excluding hydrogens is 274 g/mol. The van der Waals surface area contributed by atoms with Crippen molar-refractivity contribution in [1.82, 2.24) is 14.9 Å². The van der Waals surface area contributed by atoms with Gasteiger partial charge in [0.05, 0.1) is 6.54 Å². The lowest BCUT2D eigenvalue weighted by Gasteiger charge is -2.29. The Morgan fingerprint density at radius 1 is 0.955 bits per heavy atom. The van der Waals surface area contributed by atoms with Crippen LogP contribution < -0.4 is 0 Å². The second-order valence-electron chi connectivity index (χ2n) is 5.88. The van der Waals surface area contributed by atoms with E-state index in [4.69, 9.17) is 4.74 Å². The fourth-order valence-corrected chi connectivity index (χ4v) is 2.93. The highest BCUT2D eigenvalue weighted by molar-refractivity contribution is 5.14. The standard InChI is InChI=1S/C18H23N3O/c1-2-5-16(6-3-1)13-21(14-17-7-11-22-12-8-17)15-18-19-9-4-10-20-18/h1-6,9-10,17H,7-8,11-15H2. The second kappa shape index (κ2) is 8.01. The van der Waals surface area contributed by atoms with Crippen LogP contribution in [0.15, 0.2) is 48.8 Å². The Morgan fingerprint density at radius 3 is 2.41 bits per heavy atom. The lowest BCUT2D eigenvalue weighted by molar-refractivity contribution is 0.0498. The largest absolute Gasteiger partial charge is 0.381 e. The third-order valence-electron chi connectivity index (χ3n) is 4.09. The van der Waals surface area contributed by atoms with Crippen molar-refractivity contribution in [3.63, 3.8) is 0 Å². The van der Waals surface area contributed by atoms with E-state index in [9.17, 15) is 0 Å². The number of nitrogens with zero attached hydrogens (tertiary/aromatic N) is 3. The lowest BCUT2D eigenvalue weighted by Crippen LogP contribution is -2.32. The minimum atomic E-state index is 0.709. The summed E-state index contributed by atoms with van der Waals surface area (Å²) in [5, 5.41) is 0. The van der Waals surface area contributed by atoms with Crippen molar-refractivity contribution < 1.29 is 4.74 Å². The van der Waals surface area contributed by atoms with E-state index < -0.39 is 0 Å². The summed E-state index contributed by atoms with van der Waals surface area (Å²) in [4.78, 5) is 11.2. The summed E-state index contributed by atoms with van der Waals surface area (Å²) in [6.45, 7) is 4.61. The summed E-state index contributed by atoms with van der Waals surface area (Å²) in [6.07, 6.45) is 5.94. The summed E-state index contributed by atoms with van der Waals surface area (Å²) in [6, 6.07) is 12.5. The summed E-state index contributed by atoms with van der Waals surface area (Å²) >= 11 is 0. The van der Waals surface area contributed by atoms with Gasteiger partial charge in [0.15, 0.2) is 0 Å². The van der Waals surface area contributed by atoms with Gasteiger partial charge in [-0.15, -0.1) is 0 Å². The molecule has 4 heteroatoms. The summed E-state index contributed by atoms with van der Waals surface area (Å²) < 4.78 is 5.47. The van der Waals surface area contributed by atoms with E-state index in [-0.39, 0.29) is 0 Å². The molecule has 3 rings (SSSR count). The predicted octanol–water partition coefficient (Wildman–Crippen LogP) is 2.91. The van der Waals surface area contributed by atoms with Gasteiger partial charge in [-0.05, 0) is 30.4 Å². The molecule has 1 aliphatic heterocycles. The molecule has 0 saturated carbocycles. The van der Waals surface area contributed by atoms with E-state index in [0.29, 0.717) is 5.92 Å². The van der Waals surface area contributed by atoms with Crippen LogP contribution in [0.1, 0.15) is 24.2 Å². The van der Waals surface area contributed by atoms with Crippen LogP contribution in [0.25, 0.3) is 0 Å². The van der Waals surface area contributed by atoms with E-state index in [1.807, 2.05) is 18.5 Å². The molecule has 0 unspecified atom stereocenters. The van der Waals surface area contributed by atoms with Crippen molar-refractivity contribution in [2.45, 2.75) is 25.9 Å². The Hall–Kier alpha value is -1.78. The van der Waals surface area contributed by atoms with Crippen LogP contribution in [0.2, 0.25) is 0 Å². The van der Waals surface area contributed by atoms with Gasteiger partial charge in [-0.3, -0.25) is 4.90 Å². The van der Waals surface area contributed by atoms with Gasteiger partial charge in [-0.25, -0.2) is 9.97 Å². The zero-order valence-electron chi connectivity index (χ0n) is 12.9.